The van der Waals surface area contributed by atoms with Crippen LogP contribution in [-0.4, -0.2) is 41.5 Å². The molecule has 6 nitrogen and oxygen atoms in total. The molecule has 1 aliphatic heterocycles. The second-order valence-corrected chi connectivity index (χ2v) is 5.38. The number of hydrogen-bond donors (Lipinski definition) is 2. The molecule has 1 fully saturated rings. The van der Waals surface area contributed by atoms with Crippen LogP contribution in [0.2, 0.25) is 0 Å². The lowest BCUT2D eigenvalue weighted by atomic mass is 10.1. The first-order valence-electron chi connectivity index (χ1n) is 6.13. The van der Waals surface area contributed by atoms with Gasteiger partial charge in [-0.1, -0.05) is 0 Å². The van der Waals surface area contributed by atoms with Crippen LogP contribution < -0.4 is 5.32 Å². The van der Waals surface area contributed by atoms with E-state index in [1.807, 2.05) is 0 Å². The molecule has 0 spiro atoms. The van der Waals surface area contributed by atoms with E-state index in [1.54, 1.807) is 20.8 Å². The van der Waals surface area contributed by atoms with Crippen molar-refractivity contribution in [1.29, 1.82) is 0 Å². The number of nitrogens with one attached hydrogen (secondary N) is 1. The third-order valence-electron chi connectivity index (χ3n) is 2.52. The maximum Gasteiger partial charge on any atom is 0.407 e. The van der Waals surface area contributed by atoms with Crippen molar-refractivity contribution in [3.63, 3.8) is 0 Å². The fraction of sp³-hybridized carbons (Fsp3) is 0.833. The van der Waals surface area contributed by atoms with Crippen molar-refractivity contribution < 1.29 is 24.2 Å². The average Bonchev–Trinajstić information content (AvgIpc) is 2.39. The highest BCUT2D eigenvalue weighted by molar-refractivity contribution is 5.75. The van der Waals surface area contributed by atoms with Gasteiger partial charge >= 0.3 is 12.1 Å². The van der Waals surface area contributed by atoms with Gasteiger partial charge in [0.05, 0.1) is 6.04 Å². The van der Waals surface area contributed by atoms with Crippen LogP contribution in [0.5, 0.6) is 0 Å². The molecule has 1 amide bonds. The highest BCUT2D eigenvalue weighted by atomic mass is 16.6. The van der Waals surface area contributed by atoms with Crippen molar-refractivity contribution in [3.8, 4) is 0 Å². The summed E-state index contributed by atoms with van der Waals surface area (Å²) >= 11 is 0. The summed E-state index contributed by atoms with van der Waals surface area (Å²) in [6.07, 6.45) is 0.598. The zero-order valence-electron chi connectivity index (χ0n) is 11.1. The maximum atomic E-state index is 11.6. The van der Waals surface area contributed by atoms with Gasteiger partial charge in [0.2, 0.25) is 0 Å². The lowest BCUT2D eigenvalue weighted by Gasteiger charge is -2.25. The summed E-state index contributed by atoms with van der Waals surface area (Å²) in [5, 5.41) is 11.6. The second kappa shape index (κ2) is 6.04. The predicted octanol–water partition coefficient (Wildman–Crippen LogP) is 1.53. The van der Waals surface area contributed by atoms with E-state index in [-0.39, 0.29) is 0 Å². The molecule has 0 aliphatic carbocycles. The predicted molar refractivity (Wildman–Crippen MR) is 64.4 cm³/mol. The first kappa shape index (κ1) is 14.8. The Hall–Kier alpha value is -1.30. The van der Waals surface area contributed by atoms with Gasteiger partial charge in [0, 0.05) is 6.61 Å². The number of carboxylic acid groups (broad SMARTS) is 1. The molecule has 1 heterocycles. The summed E-state index contributed by atoms with van der Waals surface area (Å²) in [6, 6.07) is -0.542. The minimum Gasteiger partial charge on any atom is -0.479 e. The van der Waals surface area contributed by atoms with E-state index in [1.165, 1.54) is 0 Å². The molecule has 1 aliphatic rings. The first-order chi connectivity index (χ1) is 8.29. The molecule has 0 saturated carbocycles. The van der Waals surface area contributed by atoms with Gasteiger partial charge in [-0.25, -0.2) is 9.59 Å². The Balaban J connectivity index is 2.60. The number of amides is 1. The van der Waals surface area contributed by atoms with Gasteiger partial charge < -0.3 is 19.9 Å². The zero-order chi connectivity index (χ0) is 13.8. The summed E-state index contributed by atoms with van der Waals surface area (Å²) in [6.45, 7) is 5.67. The molecule has 6 heteroatoms. The number of ether oxygens (including phenoxy) is 2. The molecule has 2 N–H and O–H groups in total. The summed E-state index contributed by atoms with van der Waals surface area (Å²) in [5.74, 6) is -1.06. The number of carbonyl (C=O) groups is 2. The lowest BCUT2D eigenvalue weighted by molar-refractivity contribution is -0.151. The molecule has 1 saturated heterocycles. The number of carbonyl (C=O) groups excluding carboxylic acids is 1. The molecular weight excluding hydrogens is 238 g/mol. The number of hydrogen-bond acceptors (Lipinski definition) is 4. The Labute approximate surface area is 107 Å². The monoisotopic (exact) mass is 259 g/mol. The summed E-state index contributed by atoms with van der Waals surface area (Å²) in [7, 11) is 0. The van der Waals surface area contributed by atoms with Gasteiger partial charge in [0.15, 0.2) is 6.10 Å². The van der Waals surface area contributed by atoms with Crippen LogP contribution in [-0.2, 0) is 14.3 Å². The summed E-state index contributed by atoms with van der Waals surface area (Å²) in [5.41, 5.74) is -0.603. The number of carboxylic acids is 1. The van der Waals surface area contributed by atoms with Crippen LogP contribution in [0, 0.1) is 0 Å². The highest BCUT2D eigenvalue weighted by Crippen LogP contribution is 2.15. The van der Waals surface area contributed by atoms with Crippen LogP contribution >= 0.6 is 0 Å². The smallest absolute Gasteiger partial charge is 0.407 e. The average molecular weight is 259 g/mol. The molecule has 0 aromatic carbocycles. The van der Waals surface area contributed by atoms with E-state index in [9.17, 15) is 9.59 Å². The van der Waals surface area contributed by atoms with Crippen LogP contribution in [0.1, 0.15) is 40.0 Å². The molecule has 104 valence electrons. The third-order valence-corrected chi connectivity index (χ3v) is 2.52. The van der Waals surface area contributed by atoms with Gasteiger partial charge in [0.1, 0.15) is 5.60 Å². The normalized spacial score (nSPS) is 25.1. The fourth-order valence-corrected chi connectivity index (χ4v) is 1.79. The van der Waals surface area contributed by atoms with Crippen molar-refractivity contribution in [1.82, 2.24) is 5.32 Å². The van der Waals surface area contributed by atoms with Crippen LogP contribution in [0.3, 0.4) is 0 Å². The molecule has 1 rings (SSSR count). The standard InChI is InChI=1S/C12H21NO5/c1-12(2,3)18-11(16)13-8-6-4-5-7-17-9(8)10(14)15/h8-9H,4-7H2,1-3H3,(H,13,16)(H,14,15)/t8-,9-/m0/s1. The number of rotatable bonds is 2. The van der Waals surface area contributed by atoms with Crippen LogP contribution in [0.25, 0.3) is 0 Å². The molecule has 0 radical (unpaired) electrons. The van der Waals surface area contributed by atoms with Gasteiger partial charge in [-0.2, -0.15) is 0 Å². The molecular formula is C12H21NO5. The van der Waals surface area contributed by atoms with Crippen molar-refractivity contribution in [3.05, 3.63) is 0 Å². The van der Waals surface area contributed by atoms with Crippen molar-refractivity contribution in [2.24, 2.45) is 0 Å². The molecule has 2 atom stereocenters. The van der Waals surface area contributed by atoms with Crippen molar-refractivity contribution in [2.45, 2.75) is 57.8 Å². The Kier molecular flexibility index (Phi) is 4.95. The van der Waals surface area contributed by atoms with Gasteiger partial charge in [-0.15, -0.1) is 0 Å². The van der Waals surface area contributed by atoms with Crippen LogP contribution in [0.15, 0.2) is 0 Å². The Morgan fingerprint density at radius 2 is 2.00 bits per heavy atom. The second-order valence-electron chi connectivity index (χ2n) is 5.38. The SMILES string of the molecule is CC(C)(C)OC(=O)N[C@H]1CCCCO[C@@H]1C(=O)O. The number of aliphatic carboxylic acids is 1. The minimum absolute atomic E-state index is 0.406. The van der Waals surface area contributed by atoms with Gasteiger partial charge in [-0.05, 0) is 40.0 Å². The van der Waals surface area contributed by atoms with Crippen molar-refractivity contribution in [2.75, 3.05) is 6.61 Å². The van der Waals surface area contributed by atoms with E-state index in [4.69, 9.17) is 14.6 Å². The van der Waals surface area contributed by atoms with Crippen molar-refractivity contribution >= 4 is 12.1 Å². The van der Waals surface area contributed by atoms with E-state index < -0.39 is 29.8 Å². The fourth-order valence-electron chi connectivity index (χ4n) is 1.79. The highest BCUT2D eigenvalue weighted by Gasteiger charge is 2.32. The number of alkyl carbamates (subject to hydrolysis) is 1. The van der Waals surface area contributed by atoms with E-state index >= 15 is 0 Å². The zero-order valence-corrected chi connectivity index (χ0v) is 11.1. The molecule has 0 aromatic heterocycles. The Morgan fingerprint density at radius 3 is 2.56 bits per heavy atom. The summed E-state index contributed by atoms with van der Waals surface area (Å²) in [4.78, 5) is 22.7. The van der Waals surface area contributed by atoms with Crippen LogP contribution in [0.4, 0.5) is 4.79 Å². The summed E-state index contributed by atoms with van der Waals surface area (Å²) < 4.78 is 10.3. The largest absolute Gasteiger partial charge is 0.479 e. The first-order valence-corrected chi connectivity index (χ1v) is 6.13. The van der Waals surface area contributed by atoms with E-state index in [0.717, 1.165) is 12.8 Å². The van der Waals surface area contributed by atoms with E-state index in [2.05, 4.69) is 5.32 Å². The quantitative estimate of drug-likeness (QED) is 0.785. The topological polar surface area (TPSA) is 84.9 Å². The van der Waals surface area contributed by atoms with Gasteiger partial charge in [-0.3, -0.25) is 0 Å². The Bertz CT molecular complexity index is 310. The molecule has 0 aromatic rings. The third kappa shape index (κ3) is 4.91. The maximum absolute atomic E-state index is 11.6. The molecule has 0 unspecified atom stereocenters. The molecule has 0 bridgehead atoms. The van der Waals surface area contributed by atoms with Gasteiger partial charge in [0.25, 0.3) is 0 Å². The Morgan fingerprint density at radius 1 is 1.33 bits per heavy atom. The minimum atomic E-state index is -1.06. The molecule has 18 heavy (non-hydrogen) atoms. The lowest BCUT2D eigenvalue weighted by Crippen LogP contribution is -2.48. The van der Waals surface area contributed by atoms with E-state index in [0.29, 0.717) is 13.0 Å².